The zero-order valence-electron chi connectivity index (χ0n) is 20.4. The summed E-state index contributed by atoms with van der Waals surface area (Å²) < 4.78 is 0. The van der Waals surface area contributed by atoms with Crippen molar-refractivity contribution >= 4 is 29.1 Å². The first-order valence-corrected chi connectivity index (χ1v) is 12.6. The van der Waals surface area contributed by atoms with Gasteiger partial charge in [-0.2, -0.15) is 0 Å². The van der Waals surface area contributed by atoms with Crippen molar-refractivity contribution in [1.29, 1.82) is 0 Å². The Morgan fingerprint density at radius 2 is 1.72 bits per heavy atom. The molecule has 0 spiro atoms. The van der Waals surface area contributed by atoms with E-state index in [1.165, 1.54) is 16.0 Å². The molecule has 2 aromatic rings. The third-order valence-electron chi connectivity index (χ3n) is 5.44. The standard InChI is InChI=1S/C27H37N3OS/c1-7-23-22-14-20(6)8-10-25(22)32-26-11-9-21(15-24(26)29-23)27(31)28-12-13-30(16-18(2)3)17-19(4)5/h8-11,14-15,18-19H,7,12-13,16-17H2,1-6H3,(H,28,31). The van der Waals surface area contributed by atoms with Crippen LogP contribution < -0.4 is 5.32 Å². The maximum absolute atomic E-state index is 12.9. The molecule has 1 N–H and O–H groups in total. The Morgan fingerprint density at radius 1 is 1.03 bits per heavy atom. The average molecular weight is 452 g/mol. The van der Waals surface area contributed by atoms with Crippen molar-refractivity contribution in [2.45, 2.75) is 57.8 Å². The zero-order chi connectivity index (χ0) is 23.3. The molecule has 4 nitrogen and oxygen atoms in total. The van der Waals surface area contributed by atoms with Crippen LogP contribution in [-0.2, 0) is 0 Å². The molecule has 3 rings (SSSR count). The third-order valence-corrected chi connectivity index (χ3v) is 6.58. The molecule has 32 heavy (non-hydrogen) atoms. The van der Waals surface area contributed by atoms with Crippen molar-refractivity contribution in [2.75, 3.05) is 26.2 Å². The number of carbonyl (C=O) groups excluding carboxylic acids is 1. The van der Waals surface area contributed by atoms with E-state index in [9.17, 15) is 4.79 Å². The molecule has 0 aromatic heterocycles. The predicted octanol–water partition coefficient (Wildman–Crippen LogP) is 6.33. The summed E-state index contributed by atoms with van der Waals surface area (Å²) in [5, 5.41) is 3.11. The number of nitrogens with one attached hydrogen (secondary N) is 1. The molecule has 1 heterocycles. The van der Waals surface area contributed by atoms with Crippen LogP contribution in [0, 0.1) is 18.8 Å². The Kier molecular flexibility index (Phi) is 8.55. The Labute approximate surface area is 197 Å². The SMILES string of the molecule is CCC1=Nc2cc(C(=O)NCCN(CC(C)C)CC(C)C)ccc2Sc2ccc(C)cc21. The van der Waals surface area contributed by atoms with Gasteiger partial charge in [0.05, 0.1) is 5.69 Å². The first kappa shape index (κ1) is 24.5. The summed E-state index contributed by atoms with van der Waals surface area (Å²) in [5.74, 6) is 1.20. The summed E-state index contributed by atoms with van der Waals surface area (Å²) in [6.45, 7) is 16.8. The molecule has 5 heteroatoms. The van der Waals surface area contributed by atoms with Gasteiger partial charge in [-0.25, -0.2) is 0 Å². The fourth-order valence-electron chi connectivity index (χ4n) is 4.10. The van der Waals surface area contributed by atoms with Crippen molar-refractivity contribution in [3.05, 3.63) is 53.1 Å². The van der Waals surface area contributed by atoms with Crippen LogP contribution in [0.3, 0.4) is 0 Å². The van der Waals surface area contributed by atoms with E-state index >= 15 is 0 Å². The number of carbonyl (C=O) groups is 1. The quantitative estimate of drug-likeness (QED) is 0.484. The second kappa shape index (κ2) is 11.2. The van der Waals surface area contributed by atoms with Crippen molar-refractivity contribution in [1.82, 2.24) is 10.2 Å². The molecule has 0 saturated heterocycles. The van der Waals surface area contributed by atoms with Gasteiger partial charge in [0.1, 0.15) is 0 Å². The fraction of sp³-hybridized carbons (Fsp3) is 0.481. The van der Waals surface area contributed by atoms with E-state index in [1.54, 1.807) is 11.8 Å². The highest BCUT2D eigenvalue weighted by atomic mass is 32.2. The lowest BCUT2D eigenvalue weighted by atomic mass is 10.0. The molecular formula is C27H37N3OS. The van der Waals surface area contributed by atoms with E-state index in [0.717, 1.165) is 42.3 Å². The summed E-state index contributed by atoms with van der Waals surface area (Å²) in [6, 6.07) is 12.4. The molecular weight excluding hydrogens is 414 g/mol. The number of hydrogen-bond acceptors (Lipinski definition) is 4. The van der Waals surface area contributed by atoms with Gasteiger partial charge in [0, 0.05) is 52.8 Å². The number of aryl methyl sites for hydroxylation is 1. The van der Waals surface area contributed by atoms with Gasteiger partial charge in [0.25, 0.3) is 5.91 Å². The van der Waals surface area contributed by atoms with Crippen LogP contribution in [0.5, 0.6) is 0 Å². The normalized spacial score (nSPS) is 13.1. The van der Waals surface area contributed by atoms with Crippen LogP contribution in [0.2, 0.25) is 0 Å². The van der Waals surface area contributed by atoms with Gasteiger partial charge in [-0.1, -0.05) is 58.0 Å². The van der Waals surface area contributed by atoms with Crippen LogP contribution in [-0.4, -0.2) is 42.7 Å². The fourth-order valence-corrected chi connectivity index (χ4v) is 5.11. The summed E-state index contributed by atoms with van der Waals surface area (Å²) in [4.78, 5) is 22.6. The Balaban J connectivity index is 1.72. The smallest absolute Gasteiger partial charge is 0.251 e. The number of benzene rings is 2. The summed E-state index contributed by atoms with van der Waals surface area (Å²) >= 11 is 1.73. The van der Waals surface area contributed by atoms with Gasteiger partial charge in [0.2, 0.25) is 0 Å². The largest absolute Gasteiger partial charge is 0.351 e. The Morgan fingerprint density at radius 3 is 2.38 bits per heavy atom. The van der Waals surface area contributed by atoms with Gasteiger partial charge >= 0.3 is 0 Å². The van der Waals surface area contributed by atoms with Crippen LogP contribution in [0.15, 0.2) is 51.2 Å². The molecule has 0 saturated carbocycles. The molecule has 1 aliphatic heterocycles. The molecule has 0 bridgehead atoms. The Bertz CT molecular complexity index is 971. The van der Waals surface area contributed by atoms with E-state index < -0.39 is 0 Å². The molecule has 1 aliphatic rings. The van der Waals surface area contributed by atoms with Gasteiger partial charge in [-0.3, -0.25) is 9.79 Å². The number of aliphatic imine (C=N–C) groups is 1. The second-order valence-corrected chi connectivity index (χ2v) is 10.6. The van der Waals surface area contributed by atoms with E-state index in [1.807, 2.05) is 18.2 Å². The second-order valence-electron chi connectivity index (χ2n) is 9.50. The number of hydrogen-bond donors (Lipinski definition) is 1. The first-order valence-electron chi connectivity index (χ1n) is 11.8. The number of fused-ring (bicyclic) bond motifs is 2. The number of amides is 1. The lowest BCUT2D eigenvalue weighted by molar-refractivity contribution is 0.0946. The molecule has 1 amide bonds. The molecule has 0 fully saturated rings. The van der Waals surface area contributed by atoms with Crippen LogP contribution in [0.4, 0.5) is 5.69 Å². The van der Waals surface area contributed by atoms with Crippen LogP contribution >= 0.6 is 11.8 Å². The maximum Gasteiger partial charge on any atom is 0.251 e. The highest BCUT2D eigenvalue weighted by Crippen LogP contribution is 2.41. The molecule has 2 aromatic carbocycles. The topological polar surface area (TPSA) is 44.7 Å². The zero-order valence-corrected chi connectivity index (χ0v) is 21.2. The molecule has 172 valence electrons. The van der Waals surface area contributed by atoms with E-state index in [4.69, 9.17) is 4.99 Å². The van der Waals surface area contributed by atoms with E-state index in [0.29, 0.717) is 23.9 Å². The monoisotopic (exact) mass is 451 g/mol. The number of rotatable bonds is 9. The lowest BCUT2D eigenvalue weighted by Crippen LogP contribution is -2.38. The lowest BCUT2D eigenvalue weighted by Gasteiger charge is -2.26. The van der Waals surface area contributed by atoms with E-state index in [-0.39, 0.29) is 5.91 Å². The molecule has 0 radical (unpaired) electrons. The summed E-state index contributed by atoms with van der Waals surface area (Å²) in [5.41, 5.74) is 5.07. The molecule has 0 unspecified atom stereocenters. The van der Waals surface area contributed by atoms with Crippen molar-refractivity contribution in [3.8, 4) is 0 Å². The first-order chi connectivity index (χ1) is 15.3. The maximum atomic E-state index is 12.9. The highest BCUT2D eigenvalue weighted by Gasteiger charge is 2.18. The van der Waals surface area contributed by atoms with E-state index in [2.05, 4.69) is 70.0 Å². The number of nitrogens with zero attached hydrogens (tertiary/aromatic N) is 2. The van der Waals surface area contributed by atoms with Crippen LogP contribution in [0.1, 0.15) is 62.5 Å². The summed E-state index contributed by atoms with van der Waals surface area (Å²) in [7, 11) is 0. The van der Waals surface area contributed by atoms with Crippen LogP contribution in [0.25, 0.3) is 0 Å². The van der Waals surface area contributed by atoms with Gasteiger partial charge in [0.15, 0.2) is 0 Å². The Hall–Kier alpha value is -2.11. The minimum absolute atomic E-state index is 0.0299. The van der Waals surface area contributed by atoms with Crippen molar-refractivity contribution in [2.24, 2.45) is 16.8 Å². The molecule has 0 aliphatic carbocycles. The minimum atomic E-state index is -0.0299. The van der Waals surface area contributed by atoms with Gasteiger partial charge < -0.3 is 10.2 Å². The minimum Gasteiger partial charge on any atom is -0.351 e. The van der Waals surface area contributed by atoms with Crippen molar-refractivity contribution < 1.29 is 4.79 Å². The van der Waals surface area contributed by atoms with Gasteiger partial charge in [-0.05, 0) is 55.5 Å². The average Bonchev–Trinajstić information content (AvgIpc) is 2.88. The predicted molar refractivity (Wildman–Crippen MR) is 137 cm³/mol. The highest BCUT2D eigenvalue weighted by molar-refractivity contribution is 7.99. The summed E-state index contributed by atoms with van der Waals surface area (Å²) in [6.07, 6.45) is 0.856. The molecule has 0 atom stereocenters. The van der Waals surface area contributed by atoms with Gasteiger partial charge in [-0.15, -0.1) is 0 Å². The van der Waals surface area contributed by atoms with Crippen molar-refractivity contribution in [3.63, 3.8) is 0 Å². The third kappa shape index (κ3) is 6.46.